The van der Waals surface area contributed by atoms with Gasteiger partial charge in [-0.2, -0.15) is 5.10 Å². The fourth-order valence-electron chi connectivity index (χ4n) is 1.60. The van der Waals surface area contributed by atoms with Crippen LogP contribution in [-0.4, -0.2) is 23.4 Å². The van der Waals surface area contributed by atoms with E-state index in [0.29, 0.717) is 29.7 Å². The van der Waals surface area contributed by atoms with Crippen LogP contribution in [0.4, 0.5) is 4.39 Å². The molecule has 0 saturated carbocycles. The lowest BCUT2D eigenvalue weighted by Gasteiger charge is -2.04. The van der Waals surface area contributed by atoms with Crippen molar-refractivity contribution in [1.82, 2.24) is 9.78 Å². The maximum Gasteiger partial charge on any atom is 0.149 e. The predicted octanol–water partition coefficient (Wildman–Crippen LogP) is 1.56. The van der Waals surface area contributed by atoms with Gasteiger partial charge in [0.2, 0.25) is 0 Å². The molecule has 0 amide bonds. The van der Waals surface area contributed by atoms with Gasteiger partial charge in [0.05, 0.1) is 25.2 Å². The Hall–Kier alpha value is -1.33. The molecule has 2 rings (SSSR count). The zero-order chi connectivity index (χ0) is 10.8. The number of nitrogens with zero attached hydrogens (tertiary/aromatic N) is 2. The summed E-state index contributed by atoms with van der Waals surface area (Å²) in [7, 11) is 1.55. The first-order valence-electron chi connectivity index (χ1n) is 4.66. The average Bonchev–Trinajstić information content (AvgIpc) is 2.64. The fourth-order valence-corrected chi connectivity index (χ4v) is 1.60. The number of fused-ring (bicyclic) bond motifs is 1. The van der Waals surface area contributed by atoms with E-state index in [1.165, 1.54) is 6.07 Å². The summed E-state index contributed by atoms with van der Waals surface area (Å²) >= 11 is 0. The Morgan fingerprint density at radius 1 is 1.50 bits per heavy atom. The molecule has 2 aromatic rings. The van der Waals surface area contributed by atoms with Gasteiger partial charge in [0, 0.05) is 6.54 Å². The molecule has 0 unspecified atom stereocenters. The van der Waals surface area contributed by atoms with Crippen LogP contribution in [0.25, 0.3) is 10.9 Å². The van der Waals surface area contributed by atoms with Gasteiger partial charge in [-0.3, -0.25) is 4.68 Å². The van der Waals surface area contributed by atoms with Gasteiger partial charge in [0.15, 0.2) is 0 Å². The van der Waals surface area contributed by atoms with E-state index < -0.39 is 0 Å². The minimum Gasteiger partial charge on any atom is -0.496 e. The second-order valence-electron chi connectivity index (χ2n) is 3.17. The van der Waals surface area contributed by atoms with Crippen molar-refractivity contribution in [1.29, 1.82) is 0 Å². The van der Waals surface area contributed by atoms with Crippen molar-refractivity contribution < 1.29 is 9.13 Å². The van der Waals surface area contributed by atoms with Crippen LogP contribution in [0, 0.1) is 5.82 Å². The van der Waals surface area contributed by atoms with Crippen LogP contribution in [0.2, 0.25) is 0 Å². The summed E-state index contributed by atoms with van der Waals surface area (Å²) in [6.45, 7) is 0.918. The molecule has 1 aromatic carbocycles. The number of hydrogen-bond donors (Lipinski definition) is 1. The van der Waals surface area contributed by atoms with Crippen molar-refractivity contribution in [2.75, 3.05) is 13.7 Å². The first-order valence-corrected chi connectivity index (χ1v) is 4.66. The first-order chi connectivity index (χ1) is 7.27. The Balaban J connectivity index is 0.00000128. The number of aromatic nitrogens is 2. The zero-order valence-corrected chi connectivity index (χ0v) is 9.63. The van der Waals surface area contributed by atoms with E-state index in [0.717, 1.165) is 0 Å². The molecule has 0 atom stereocenters. The highest BCUT2D eigenvalue weighted by molar-refractivity contribution is 5.86. The van der Waals surface area contributed by atoms with Crippen LogP contribution < -0.4 is 10.5 Å². The fraction of sp³-hybridized carbons (Fsp3) is 0.300. The highest BCUT2D eigenvalue weighted by Crippen LogP contribution is 2.27. The Labute approximate surface area is 98.6 Å². The molecule has 16 heavy (non-hydrogen) atoms. The monoisotopic (exact) mass is 245 g/mol. The summed E-state index contributed by atoms with van der Waals surface area (Å²) in [6.07, 6.45) is 1.59. The number of ether oxygens (including phenoxy) is 1. The number of methoxy groups -OCH3 is 1. The lowest BCUT2D eigenvalue weighted by Crippen LogP contribution is -2.11. The van der Waals surface area contributed by atoms with Crippen molar-refractivity contribution in [2.24, 2.45) is 5.73 Å². The Kier molecular flexibility index (Phi) is 4.09. The van der Waals surface area contributed by atoms with Crippen LogP contribution in [0.5, 0.6) is 5.75 Å². The second kappa shape index (κ2) is 5.14. The maximum absolute atomic E-state index is 13.6. The molecule has 0 saturated heterocycles. The number of halogens is 2. The van der Waals surface area contributed by atoms with Crippen LogP contribution in [0.1, 0.15) is 0 Å². The summed E-state index contributed by atoms with van der Waals surface area (Å²) in [5.41, 5.74) is 5.86. The quantitative estimate of drug-likeness (QED) is 0.893. The molecule has 0 aliphatic rings. The number of hydrogen-bond acceptors (Lipinski definition) is 3. The molecule has 0 fully saturated rings. The van der Waals surface area contributed by atoms with Gasteiger partial charge < -0.3 is 10.5 Å². The van der Waals surface area contributed by atoms with E-state index in [4.69, 9.17) is 10.5 Å². The molecular weight excluding hydrogens is 233 g/mol. The second-order valence-corrected chi connectivity index (χ2v) is 3.17. The minimum atomic E-state index is -0.309. The van der Waals surface area contributed by atoms with Gasteiger partial charge >= 0.3 is 0 Å². The minimum absolute atomic E-state index is 0. The Morgan fingerprint density at radius 2 is 2.25 bits per heavy atom. The first kappa shape index (κ1) is 12.7. The van der Waals surface area contributed by atoms with E-state index in [9.17, 15) is 4.39 Å². The van der Waals surface area contributed by atoms with Crippen molar-refractivity contribution >= 4 is 23.3 Å². The largest absolute Gasteiger partial charge is 0.496 e. The van der Waals surface area contributed by atoms with E-state index in [-0.39, 0.29) is 18.2 Å². The molecule has 0 aliphatic carbocycles. The van der Waals surface area contributed by atoms with Gasteiger partial charge in [0.1, 0.15) is 17.1 Å². The average molecular weight is 246 g/mol. The third-order valence-corrected chi connectivity index (χ3v) is 2.27. The van der Waals surface area contributed by atoms with E-state index >= 15 is 0 Å². The number of benzene rings is 1. The van der Waals surface area contributed by atoms with Gasteiger partial charge in [0.25, 0.3) is 0 Å². The van der Waals surface area contributed by atoms with Crippen LogP contribution >= 0.6 is 12.4 Å². The summed E-state index contributed by atoms with van der Waals surface area (Å²) in [4.78, 5) is 0. The van der Waals surface area contributed by atoms with Crippen molar-refractivity contribution in [3.8, 4) is 5.75 Å². The summed E-state index contributed by atoms with van der Waals surface area (Å²) in [5.74, 6) is 0.312. The SMILES string of the molecule is COc1ccc(F)c2c1cnn2CCN.Cl. The lowest BCUT2D eigenvalue weighted by molar-refractivity contribution is 0.419. The smallest absolute Gasteiger partial charge is 0.149 e. The molecule has 6 heteroatoms. The molecule has 0 bridgehead atoms. The van der Waals surface area contributed by atoms with E-state index in [2.05, 4.69) is 5.10 Å². The molecule has 2 N–H and O–H groups in total. The zero-order valence-electron chi connectivity index (χ0n) is 8.81. The molecule has 1 heterocycles. The van der Waals surface area contributed by atoms with Crippen LogP contribution in [0.3, 0.4) is 0 Å². The predicted molar refractivity (Wildman–Crippen MR) is 62.5 cm³/mol. The third-order valence-electron chi connectivity index (χ3n) is 2.27. The normalized spacial score (nSPS) is 10.2. The molecule has 4 nitrogen and oxygen atoms in total. The summed E-state index contributed by atoms with van der Waals surface area (Å²) < 4.78 is 20.2. The Morgan fingerprint density at radius 3 is 2.88 bits per heavy atom. The van der Waals surface area contributed by atoms with Gasteiger partial charge in [-0.1, -0.05) is 0 Å². The lowest BCUT2D eigenvalue weighted by atomic mass is 10.2. The highest BCUT2D eigenvalue weighted by Gasteiger charge is 2.11. The number of nitrogens with two attached hydrogens (primary N) is 1. The van der Waals surface area contributed by atoms with Gasteiger partial charge in [-0.25, -0.2) is 4.39 Å². The summed E-state index contributed by atoms with van der Waals surface area (Å²) in [6, 6.07) is 2.96. The Bertz CT molecular complexity index is 486. The highest BCUT2D eigenvalue weighted by atomic mass is 35.5. The topological polar surface area (TPSA) is 53.1 Å². The summed E-state index contributed by atoms with van der Waals surface area (Å²) in [5, 5.41) is 4.74. The number of rotatable bonds is 3. The molecular formula is C10H13ClFN3O. The molecule has 0 radical (unpaired) electrons. The van der Waals surface area contributed by atoms with E-state index in [1.54, 1.807) is 24.1 Å². The standard InChI is InChI=1S/C10H12FN3O.ClH/c1-15-9-3-2-8(11)10-7(9)6-13-14(10)5-4-12;/h2-3,6H,4-5,12H2,1H3;1H. The van der Waals surface area contributed by atoms with E-state index in [1.807, 2.05) is 0 Å². The van der Waals surface area contributed by atoms with Crippen LogP contribution in [0.15, 0.2) is 18.3 Å². The van der Waals surface area contributed by atoms with Gasteiger partial charge in [-0.15, -0.1) is 12.4 Å². The maximum atomic E-state index is 13.6. The van der Waals surface area contributed by atoms with Gasteiger partial charge in [-0.05, 0) is 12.1 Å². The van der Waals surface area contributed by atoms with Crippen LogP contribution in [-0.2, 0) is 6.54 Å². The molecule has 0 spiro atoms. The van der Waals surface area contributed by atoms with Crippen molar-refractivity contribution in [2.45, 2.75) is 6.54 Å². The molecule has 88 valence electrons. The van der Waals surface area contributed by atoms with Crippen molar-refractivity contribution in [3.05, 3.63) is 24.1 Å². The van der Waals surface area contributed by atoms with Crippen molar-refractivity contribution in [3.63, 3.8) is 0 Å². The molecule has 1 aromatic heterocycles. The third kappa shape index (κ3) is 1.96. The molecule has 0 aliphatic heterocycles.